The van der Waals surface area contributed by atoms with E-state index in [0.717, 1.165) is 0 Å². The molecule has 1 atom stereocenters. The average molecular weight is 993 g/mol. The van der Waals surface area contributed by atoms with Gasteiger partial charge in [0.1, 0.15) is 0 Å². The van der Waals surface area contributed by atoms with Crippen LogP contribution in [0.25, 0.3) is 66.8 Å². The smallest absolute Gasteiger partial charge is 0.147 e. The molecule has 9 aromatic rings. The molecule has 1 unspecified atom stereocenters. The van der Waals surface area contributed by atoms with Crippen LogP contribution in [0.2, 0.25) is 5.04 Å². The molecule has 0 heterocycles. The summed E-state index contributed by atoms with van der Waals surface area (Å²) in [6, 6.07) is 88.8. The first kappa shape index (κ1) is 50.1. The Kier molecular flexibility index (Phi) is 15.7. The number of allylic oxidation sites excluding steroid dienone is 4. The second-order valence-electron chi connectivity index (χ2n) is 17.7. The van der Waals surface area contributed by atoms with Crippen LogP contribution < -0.4 is 15.6 Å². The predicted molar refractivity (Wildman–Crippen MR) is 298 cm³/mol. The van der Waals surface area contributed by atoms with E-state index in [9.17, 15) is 0 Å². The predicted octanol–water partition coefficient (Wildman–Crippen LogP) is 16.4. The molecule has 0 nitrogen and oxygen atoms in total. The fraction of sp³-hybridized carbons (Fsp3) is 0.0794. The second-order valence-corrected chi connectivity index (χ2v) is 22.7. The molecule has 0 aliphatic heterocycles. The van der Waals surface area contributed by atoms with E-state index in [1.165, 1.54) is 103 Å². The molecule has 1 aliphatic carbocycles. The second kappa shape index (κ2) is 21.3. The Morgan fingerprint density at radius 2 is 0.500 bits per heavy atom. The summed E-state index contributed by atoms with van der Waals surface area (Å²) in [5, 5.41) is 3.76. The minimum atomic E-state index is -3.43. The van der Waals surface area contributed by atoms with Gasteiger partial charge < -0.3 is 0 Å². The third-order valence-corrected chi connectivity index (χ3v) is 21.6. The van der Waals surface area contributed by atoms with Crippen molar-refractivity contribution < 1.29 is 20.4 Å². The normalized spacial score (nSPS) is 14.4. The molecule has 0 N–H and O–H groups in total. The molecular weight excluding hydrogens is 939 g/mol. The number of hydrogen-bond acceptors (Lipinski definition) is 0. The van der Waals surface area contributed by atoms with Crippen molar-refractivity contribution in [2.45, 2.75) is 32.7 Å². The van der Waals surface area contributed by atoms with Gasteiger partial charge in [0.25, 0.3) is 0 Å². The van der Waals surface area contributed by atoms with Crippen LogP contribution in [-0.2, 0) is 20.4 Å². The van der Waals surface area contributed by atoms with E-state index in [1.54, 1.807) is 0 Å². The van der Waals surface area contributed by atoms with Gasteiger partial charge in [0.2, 0.25) is 0 Å². The molecular formula is C63H54Cl3SiTi. The van der Waals surface area contributed by atoms with E-state index in [1.807, 2.05) is 0 Å². The molecule has 0 fully saturated rings. The third-order valence-electron chi connectivity index (χ3n) is 14.2. The summed E-state index contributed by atoms with van der Waals surface area (Å²) in [5.41, 5.74) is 18.9. The Morgan fingerprint density at radius 1 is 0.294 bits per heavy atom. The van der Waals surface area contributed by atoms with Gasteiger partial charge in [-0.05, 0) is 0 Å². The van der Waals surface area contributed by atoms with Gasteiger partial charge in [-0.2, -0.15) is 0 Å². The first-order chi connectivity index (χ1) is 31.8. The van der Waals surface area contributed by atoms with Gasteiger partial charge in [0.05, 0.1) is 0 Å². The van der Waals surface area contributed by atoms with Gasteiger partial charge in [0.15, 0.2) is 0 Å². The van der Waals surface area contributed by atoms with Crippen LogP contribution in [0, 0.1) is 0 Å². The fourth-order valence-electron chi connectivity index (χ4n) is 10.6. The molecule has 9 aromatic carbocycles. The van der Waals surface area contributed by atoms with Crippen molar-refractivity contribution >= 4 is 60.9 Å². The molecule has 0 radical (unpaired) electrons. The number of benzene rings is 9. The van der Waals surface area contributed by atoms with Crippen LogP contribution in [0.4, 0.5) is 0 Å². The van der Waals surface area contributed by atoms with Crippen LogP contribution in [0.1, 0.15) is 27.7 Å². The molecule has 0 aromatic heterocycles. The van der Waals surface area contributed by atoms with Crippen molar-refractivity contribution in [3.05, 3.63) is 257 Å². The van der Waals surface area contributed by atoms with Crippen LogP contribution in [0.5, 0.6) is 0 Å². The van der Waals surface area contributed by atoms with Crippen molar-refractivity contribution in [3.63, 3.8) is 0 Å². The van der Waals surface area contributed by atoms with Gasteiger partial charge in [-0.25, -0.2) is 0 Å². The summed E-state index contributed by atoms with van der Waals surface area (Å²) in [4.78, 5) is 0. The molecule has 0 spiro atoms. The quantitative estimate of drug-likeness (QED) is 0.0946. The van der Waals surface area contributed by atoms with E-state index in [4.69, 9.17) is 0 Å². The Labute approximate surface area is 434 Å². The van der Waals surface area contributed by atoms with Crippen LogP contribution >= 0.6 is 37.2 Å². The van der Waals surface area contributed by atoms with Gasteiger partial charge in [-0.15, -0.1) is 37.2 Å². The molecule has 1 aliphatic rings. The Hall–Kier alpha value is -5.74. The largest absolute Gasteiger partial charge is 0.147 e. The monoisotopic (exact) mass is 991 g/mol. The van der Waals surface area contributed by atoms with Gasteiger partial charge >= 0.3 is 401 Å². The first-order valence-corrected chi connectivity index (χ1v) is 25.4. The zero-order valence-corrected chi connectivity index (χ0v) is 43.8. The van der Waals surface area contributed by atoms with E-state index >= 15 is 0 Å². The summed E-state index contributed by atoms with van der Waals surface area (Å²) in [6.45, 7) is 9.77. The number of hydrogen-bond donors (Lipinski definition) is 0. The maximum atomic E-state index is 2.61. The Balaban J connectivity index is 0.00000228. The number of rotatable bonds is 10. The zero-order chi connectivity index (χ0) is 44.5. The van der Waals surface area contributed by atoms with Crippen molar-refractivity contribution in [3.8, 4) is 66.8 Å². The molecule has 68 heavy (non-hydrogen) atoms. The molecule has 0 saturated carbocycles. The SMILES string of the molecule is CC1=C(C)C(C)([Si](c2cc(-c3ccccc3)cc(-c3ccccc3)c2)(c2cc(-c3ccccc3)cc(-c3ccccc3)c2)c2cc(-c3ccccc3)cc(-c3ccccc3)c2)[C]([Ti])=C1C.Cl.Cl.Cl. The van der Waals surface area contributed by atoms with E-state index in [2.05, 4.69) is 285 Å². The van der Waals surface area contributed by atoms with Crippen molar-refractivity contribution in [2.24, 2.45) is 0 Å². The molecule has 0 bridgehead atoms. The van der Waals surface area contributed by atoms with Crippen molar-refractivity contribution in [2.75, 3.05) is 0 Å². The maximum absolute atomic E-state index is 3.43. The third kappa shape index (κ3) is 9.01. The molecule has 0 amide bonds. The van der Waals surface area contributed by atoms with Crippen LogP contribution in [0.15, 0.2) is 257 Å². The summed E-state index contributed by atoms with van der Waals surface area (Å²) < 4.78 is 1.45. The maximum Gasteiger partial charge on any atom is -0.147 e. The standard InChI is InChI=1S/C63H51Si.3ClH.Ti/c1-45-44-63(4,47(3)46(45)2)64(60-38-54(48-23-11-5-12-24-48)35-55(39-60)49-25-13-6-14-26-49,61-40-56(50-27-15-7-16-28-50)36-57(41-61)51-29-17-8-18-30-51)62-42-58(52-31-19-9-20-32-52)37-59(43-62)53-33-21-10-22-34-53;;;;/h5-43H,1-4H3;3*1H;. The average Bonchev–Trinajstić information content (AvgIpc) is 3.53. The molecule has 10 rings (SSSR count). The molecule has 0 saturated heterocycles. The van der Waals surface area contributed by atoms with Gasteiger partial charge in [0, 0.05) is 0 Å². The number of halogens is 3. The Morgan fingerprint density at radius 3 is 0.676 bits per heavy atom. The van der Waals surface area contributed by atoms with E-state index < -0.39 is 13.1 Å². The molecule has 5 heteroatoms. The van der Waals surface area contributed by atoms with E-state index in [0.29, 0.717) is 0 Å². The van der Waals surface area contributed by atoms with Gasteiger partial charge in [-0.3, -0.25) is 0 Å². The minimum Gasteiger partial charge on any atom is -0.147 e. The summed E-state index contributed by atoms with van der Waals surface area (Å²) >= 11 is 2.44. The van der Waals surface area contributed by atoms with Crippen molar-refractivity contribution in [1.29, 1.82) is 0 Å². The zero-order valence-electron chi connectivity index (χ0n) is 38.7. The van der Waals surface area contributed by atoms with Crippen LogP contribution in [0.3, 0.4) is 0 Å². The summed E-state index contributed by atoms with van der Waals surface area (Å²) in [7, 11) is -3.43. The van der Waals surface area contributed by atoms with Crippen molar-refractivity contribution in [1.82, 2.24) is 0 Å². The summed E-state index contributed by atoms with van der Waals surface area (Å²) in [6.07, 6.45) is 0. The van der Waals surface area contributed by atoms with Crippen LogP contribution in [-0.4, -0.2) is 8.07 Å². The topological polar surface area (TPSA) is 0 Å². The fourth-order valence-corrected chi connectivity index (χ4v) is 18.3. The minimum absolute atomic E-state index is 0. The molecule has 335 valence electrons. The first-order valence-electron chi connectivity index (χ1n) is 22.7. The summed E-state index contributed by atoms with van der Waals surface area (Å²) in [5.74, 6) is 0. The Bertz CT molecular complexity index is 2720. The van der Waals surface area contributed by atoms with E-state index in [-0.39, 0.29) is 37.2 Å². The van der Waals surface area contributed by atoms with Gasteiger partial charge in [-0.1, -0.05) is 0 Å².